The summed E-state index contributed by atoms with van der Waals surface area (Å²) in [6, 6.07) is 5.01. The van der Waals surface area contributed by atoms with Crippen molar-refractivity contribution in [3.05, 3.63) is 28.8 Å². The number of carbonyl (C=O) groups is 1. The molecule has 0 aliphatic carbocycles. The number of anilines is 1. The van der Waals surface area contributed by atoms with Crippen molar-refractivity contribution >= 4 is 23.2 Å². The zero-order valence-electron chi connectivity index (χ0n) is 7.38. The molecule has 0 bridgehead atoms. The summed E-state index contributed by atoms with van der Waals surface area (Å²) in [7, 11) is 0. The molecule has 0 heterocycles. The van der Waals surface area contributed by atoms with Crippen molar-refractivity contribution in [1.29, 1.82) is 0 Å². The van der Waals surface area contributed by atoms with Gasteiger partial charge in [0, 0.05) is 5.69 Å². The molecule has 1 amide bonds. The van der Waals surface area contributed by atoms with Gasteiger partial charge < -0.3 is 11.1 Å². The fraction of sp³-hybridized carbons (Fsp3) is 0.100. The molecule has 1 aromatic rings. The number of rotatable bonds is 3. The number of benzene rings is 1. The molecule has 0 unspecified atom stereocenters. The molecule has 0 saturated heterocycles. The zero-order chi connectivity index (χ0) is 10.6. The molecule has 14 heavy (non-hydrogen) atoms. The van der Waals surface area contributed by atoms with E-state index in [0.29, 0.717) is 17.3 Å². The van der Waals surface area contributed by atoms with Gasteiger partial charge in [-0.25, -0.2) is 0 Å². The minimum Gasteiger partial charge on any atom is -0.373 e. The van der Waals surface area contributed by atoms with Crippen LogP contribution in [0.3, 0.4) is 0 Å². The maximum absolute atomic E-state index is 11.1. The van der Waals surface area contributed by atoms with E-state index in [2.05, 4.69) is 11.2 Å². The summed E-state index contributed by atoms with van der Waals surface area (Å²) in [5.74, 6) is 1.82. The van der Waals surface area contributed by atoms with Crippen LogP contribution >= 0.6 is 11.6 Å². The fourth-order valence-corrected chi connectivity index (χ4v) is 1.34. The predicted octanol–water partition coefficient (Wildman–Crippen LogP) is 1.48. The third kappa shape index (κ3) is 2.18. The average Bonchev–Trinajstić information content (AvgIpc) is 2.14. The fourth-order valence-electron chi connectivity index (χ4n) is 1.07. The highest BCUT2D eigenvalue weighted by molar-refractivity contribution is 6.34. The predicted molar refractivity (Wildman–Crippen MR) is 57.3 cm³/mol. The van der Waals surface area contributed by atoms with E-state index in [1.807, 2.05) is 0 Å². The van der Waals surface area contributed by atoms with Crippen LogP contribution in [0.2, 0.25) is 5.02 Å². The van der Waals surface area contributed by atoms with E-state index in [1.165, 1.54) is 0 Å². The molecule has 0 aromatic heterocycles. The molecule has 0 spiro atoms. The lowest BCUT2D eigenvalue weighted by molar-refractivity contribution is 0.100. The third-order valence-corrected chi connectivity index (χ3v) is 1.96. The first kappa shape index (κ1) is 10.4. The number of carbonyl (C=O) groups excluding carboxylic acids is 1. The molecule has 72 valence electrons. The number of primary amides is 1. The molecule has 0 saturated carbocycles. The molecule has 0 fully saturated rings. The molecule has 1 aromatic carbocycles. The third-order valence-electron chi connectivity index (χ3n) is 1.64. The summed E-state index contributed by atoms with van der Waals surface area (Å²) in [6.07, 6.45) is 5.08. The Morgan fingerprint density at radius 1 is 1.64 bits per heavy atom. The molecule has 0 aliphatic heterocycles. The Morgan fingerprint density at radius 3 is 2.93 bits per heavy atom. The van der Waals surface area contributed by atoms with Crippen molar-refractivity contribution in [2.75, 3.05) is 11.9 Å². The molecule has 1 rings (SSSR count). The number of hydrogen-bond donors (Lipinski definition) is 2. The van der Waals surface area contributed by atoms with Crippen LogP contribution < -0.4 is 11.1 Å². The lowest BCUT2D eigenvalue weighted by Crippen LogP contribution is -2.15. The van der Waals surface area contributed by atoms with Crippen LogP contribution in [0.15, 0.2) is 18.2 Å². The van der Waals surface area contributed by atoms with Gasteiger partial charge >= 0.3 is 0 Å². The Labute approximate surface area is 87.2 Å². The van der Waals surface area contributed by atoms with Crippen LogP contribution in [0.4, 0.5) is 5.69 Å². The average molecular weight is 209 g/mol. The van der Waals surface area contributed by atoms with Gasteiger partial charge in [-0.05, 0) is 12.1 Å². The lowest BCUT2D eigenvalue weighted by atomic mass is 10.1. The summed E-state index contributed by atoms with van der Waals surface area (Å²) in [5.41, 5.74) is 6.00. The van der Waals surface area contributed by atoms with Gasteiger partial charge in [0.1, 0.15) is 0 Å². The zero-order valence-corrected chi connectivity index (χ0v) is 8.14. The number of hydrogen-bond acceptors (Lipinski definition) is 2. The van der Waals surface area contributed by atoms with E-state index in [0.717, 1.165) is 0 Å². The first-order valence-corrected chi connectivity index (χ1v) is 4.30. The summed E-state index contributed by atoms with van der Waals surface area (Å²) in [4.78, 5) is 11.1. The van der Waals surface area contributed by atoms with E-state index in [4.69, 9.17) is 23.8 Å². The summed E-state index contributed by atoms with van der Waals surface area (Å²) < 4.78 is 0. The Bertz CT molecular complexity index is 396. The second-order valence-electron chi connectivity index (χ2n) is 2.58. The van der Waals surface area contributed by atoms with Crippen LogP contribution in [0.25, 0.3) is 0 Å². The first-order valence-electron chi connectivity index (χ1n) is 3.92. The maximum atomic E-state index is 11.1. The van der Waals surface area contributed by atoms with Gasteiger partial charge in [-0.15, -0.1) is 6.42 Å². The minimum atomic E-state index is -0.574. The highest BCUT2D eigenvalue weighted by Gasteiger charge is 2.11. The quantitative estimate of drug-likeness (QED) is 0.740. The van der Waals surface area contributed by atoms with E-state index in [1.54, 1.807) is 18.2 Å². The topological polar surface area (TPSA) is 55.1 Å². The van der Waals surface area contributed by atoms with Crippen molar-refractivity contribution in [2.24, 2.45) is 5.73 Å². The van der Waals surface area contributed by atoms with Crippen LogP contribution in [0.1, 0.15) is 10.4 Å². The number of amides is 1. The van der Waals surface area contributed by atoms with E-state index in [-0.39, 0.29) is 5.56 Å². The van der Waals surface area contributed by atoms with Crippen molar-refractivity contribution in [3.63, 3.8) is 0 Å². The number of nitrogens with two attached hydrogens (primary N) is 1. The van der Waals surface area contributed by atoms with Gasteiger partial charge in [0.15, 0.2) is 0 Å². The summed E-state index contributed by atoms with van der Waals surface area (Å²) in [5, 5.41) is 3.18. The van der Waals surface area contributed by atoms with Gasteiger partial charge in [-0.1, -0.05) is 23.6 Å². The van der Waals surface area contributed by atoms with Gasteiger partial charge in [-0.2, -0.15) is 0 Å². The number of terminal acetylenes is 1. The summed E-state index contributed by atoms with van der Waals surface area (Å²) >= 11 is 5.81. The minimum absolute atomic E-state index is 0.268. The van der Waals surface area contributed by atoms with Crippen molar-refractivity contribution < 1.29 is 4.79 Å². The van der Waals surface area contributed by atoms with Crippen molar-refractivity contribution in [1.82, 2.24) is 0 Å². The Balaban J connectivity index is 3.09. The molecule has 0 aliphatic rings. The van der Waals surface area contributed by atoms with Gasteiger partial charge in [0.25, 0.3) is 5.91 Å². The Hall–Kier alpha value is -1.66. The number of halogens is 1. The van der Waals surface area contributed by atoms with Crippen LogP contribution in [-0.2, 0) is 0 Å². The standard InChI is InChI=1S/C10H9ClN2O/c1-2-6-13-8-5-3-4-7(11)9(8)10(12)14/h1,3-5,13H,6H2,(H2,12,14). The molecular weight excluding hydrogens is 200 g/mol. The number of nitrogens with one attached hydrogen (secondary N) is 1. The molecule has 4 heteroatoms. The largest absolute Gasteiger partial charge is 0.373 e. The van der Waals surface area contributed by atoms with Gasteiger partial charge in [0.05, 0.1) is 17.1 Å². The maximum Gasteiger partial charge on any atom is 0.252 e. The van der Waals surface area contributed by atoms with E-state index >= 15 is 0 Å². The van der Waals surface area contributed by atoms with Crippen LogP contribution in [-0.4, -0.2) is 12.5 Å². The van der Waals surface area contributed by atoms with E-state index in [9.17, 15) is 4.79 Å². The van der Waals surface area contributed by atoms with Gasteiger partial charge in [-0.3, -0.25) is 4.79 Å². The van der Waals surface area contributed by atoms with Crippen molar-refractivity contribution in [2.45, 2.75) is 0 Å². The lowest BCUT2D eigenvalue weighted by Gasteiger charge is -2.08. The molecular formula is C10H9ClN2O. The van der Waals surface area contributed by atoms with Gasteiger partial charge in [0.2, 0.25) is 0 Å². The monoisotopic (exact) mass is 208 g/mol. The molecule has 3 N–H and O–H groups in total. The summed E-state index contributed by atoms with van der Waals surface area (Å²) in [6.45, 7) is 0.320. The first-order chi connectivity index (χ1) is 6.66. The smallest absolute Gasteiger partial charge is 0.252 e. The van der Waals surface area contributed by atoms with E-state index < -0.39 is 5.91 Å². The van der Waals surface area contributed by atoms with Crippen LogP contribution in [0.5, 0.6) is 0 Å². The molecule has 3 nitrogen and oxygen atoms in total. The Morgan fingerprint density at radius 2 is 2.36 bits per heavy atom. The SMILES string of the molecule is C#CCNc1cccc(Cl)c1C(N)=O. The second-order valence-corrected chi connectivity index (χ2v) is 2.99. The van der Waals surface area contributed by atoms with Crippen LogP contribution in [0, 0.1) is 12.3 Å². The normalized spacial score (nSPS) is 9.14. The highest BCUT2D eigenvalue weighted by atomic mass is 35.5. The van der Waals surface area contributed by atoms with Crippen molar-refractivity contribution in [3.8, 4) is 12.3 Å². The molecule has 0 atom stereocenters. The molecule has 0 radical (unpaired) electrons. The second kappa shape index (κ2) is 4.54. The Kier molecular flexibility index (Phi) is 3.38. The highest BCUT2D eigenvalue weighted by Crippen LogP contribution is 2.23.